The zero-order valence-electron chi connectivity index (χ0n) is 7.20. The van der Waals surface area contributed by atoms with Gasteiger partial charge in [-0.2, -0.15) is 0 Å². The zero-order chi connectivity index (χ0) is 7.41. The number of nitrogens with one attached hydrogen (secondary N) is 1. The van der Waals surface area contributed by atoms with E-state index in [0.29, 0.717) is 10.8 Å². The Hall–Kier alpha value is -0.0400. The van der Waals surface area contributed by atoms with E-state index in [4.69, 9.17) is 0 Å². The molecule has 2 aliphatic carbocycles. The van der Waals surface area contributed by atoms with Gasteiger partial charge in [0.25, 0.3) is 0 Å². The highest BCUT2D eigenvalue weighted by Crippen LogP contribution is 2.72. The lowest BCUT2D eigenvalue weighted by Gasteiger charge is -2.06. The van der Waals surface area contributed by atoms with Gasteiger partial charge in [-0.15, -0.1) is 0 Å². The SMILES string of the molecule is CNC1[C@]2(C)CCC[C@]12C. The van der Waals surface area contributed by atoms with Crippen molar-refractivity contribution >= 4 is 0 Å². The van der Waals surface area contributed by atoms with Crippen molar-refractivity contribution in [3.63, 3.8) is 0 Å². The molecule has 0 amide bonds. The normalized spacial score (nSPS) is 58.5. The maximum atomic E-state index is 3.42. The molecule has 0 heterocycles. The average Bonchev–Trinajstić information content (AvgIpc) is 2.11. The van der Waals surface area contributed by atoms with E-state index < -0.39 is 0 Å². The first-order valence-electron chi connectivity index (χ1n) is 4.32. The summed E-state index contributed by atoms with van der Waals surface area (Å²) in [7, 11) is 2.10. The molecule has 0 saturated heterocycles. The van der Waals surface area contributed by atoms with Crippen LogP contribution in [-0.2, 0) is 0 Å². The van der Waals surface area contributed by atoms with Crippen LogP contribution < -0.4 is 5.32 Å². The smallest absolute Gasteiger partial charge is 0.0183 e. The van der Waals surface area contributed by atoms with Gasteiger partial charge in [0.1, 0.15) is 0 Å². The molecule has 1 heteroatoms. The first kappa shape index (κ1) is 6.66. The summed E-state index contributed by atoms with van der Waals surface area (Å²) in [6.45, 7) is 4.86. The summed E-state index contributed by atoms with van der Waals surface area (Å²) in [5, 5.41) is 3.42. The third-order valence-electron chi connectivity index (χ3n) is 4.18. The maximum absolute atomic E-state index is 3.42. The minimum absolute atomic E-state index is 0.655. The van der Waals surface area contributed by atoms with Gasteiger partial charge in [0.05, 0.1) is 0 Å². The van der Waals surface area contributed by atoms with Crippen molar-refractivity contribution in [2.45, 2.75) is 39.2 Å². The van der Waals surface area contributed by atoms with Crippen LogP contribution in [0.2, 0.25) is 0 Å². The summed E-state index contributed by atoms with van der Waals surface area (Å²) >= 11 is 0. The fourth-order valence-corrected chi connectivity index (χ4v) is 3.27. The number of hydrogen-bond donors (Lipinski definition) is 1. The molecular formula is C9H17N. The average molecular weight is 139 g/mol. The van der Waals surface area contributed by atoms with E-state index in [1.165, 1.54) is 19.3 Å². The first-order valence-corrected chi connectivity index (χ1v) is 4.32. The Kier molecular flexibility index (Phi) is 1.05. The van der Waals surface area contributed by atoms with Crippen LogP contribution in [0.5, 0.6) is 0 Å². The van der Waals surface area contributed by atoms with Gasteiger partial charge < -0.3 is 5.32 Å². The summed E-state index contributed by atoms with van der Waals surface area (Å²) in [6, 6.07) is 0.814. The van der Waals surface area contributed by atoms with Gasteiger partial charge in [-0.1, -0.05) is 20.3 Å². The molecule has 58 valence electrons. The molecule has 0 aromatic heterocycles. The van der Waals surface area contributed by atoms with Crippen LogP contribution in [0, 0.1) is 10.8 Å². The number of fused-ring (bicyclic) bond motifs is 1. The highest BCUT2D eigenvalue weighted by molar-refractivity contribution is 5.24. The lowest BCUT2D eigenvalue weighted by molar-refractivity contribution is 0.457. The Morgan fingerprint density at radius 3 is 2.00 bits per heavy atom. The number of rotatable bonds is 1. The molecular weight excluding hydrogens is 122 g/mol. The topological polar surface area (TPSA) is 12.0 Å². The molecule has 2 aliphatic rings. The second-order valence-corrected chi connectivity index (χ2v) is 4.41. The van der Waals surface area contributed by atoms with E-state index in [9.17, 15) is 0 Å². The first-order chi connectivity index (χ1) is 4.65. The predicted molar refractivity (Wildman–Crippen MR) is 42.9 cm³/mol. The molecule has 0 aromatic rings. The molecule has 1 nitrogen and oxygen atoms in total. The van der Waals surface area contributed by atoms with Crippen molar-refractivity contribution < 1.29 is 0 Å². The van der Waals surface area contributed by atoms with Crippen molar-refractivity contribution in [1.82, 2.24) is 5.32 Å². The Balaban J connectivity index is 2.21. The molecule has 2 rings (SSSR count). The Morgan fingerprint density at radius 1 is 1.20 bits per heavy atom. The van der Waals surface area contributed by atoms with Crippen molar-refractivity contribution in [2.24, 2.45) is 10.8 Å². The van der Waals surface area contributed by atoms with Gasteiger partial charge >= 0.3 is 0 Å². The van der Waals surface area contributed by atoms with Crippen LogP contribution in [0.1, 0.15) is 33.1 Å². The minimum Gasteiger partial charge on any atom is -0.316 e. The van der Waals surface area contributed by atoms with Crippen LogP contribution in [-0.4, -0.2) is 13.1 Å². The molecule has 0 aromatic carbocycles. The van der Waals surface area contributed by atoms with E-state index in [1.807, 2.05) is 0 Å². The molecule has 1 N–H and O–H groups in total. The Labute approximate surface area is 63.2 Å². The van der Waals surface area contributed by atoms with Crippen LogP contribution in [0.4, 0.5) is 0 Å². The fraction of sp³-hybridized carbons (Fsp3) is 1.00. The predicted octanol–water partition coefficient (Wildman–Crippen LogP) is 1.78. The van der Waals surface area contributed by atoms with Crippen LogP contribution in [0.15, 0.2) is 0 Å². The summed E-state index contributed by atoms with van der Waals surface area (Å²) in [6.07, 6.45) is 4.33. The molecule has 1 unspecified atom stereocenters. The van der Waals surface area contributed by atoms with Gasteiger partial charge in [0.15, 0.2) is 0 Å². The Morgan fingerprint density at radius 2 is 1.70 bits per heavy atom. The summed E-state index contributed by atoms with van der Waals surface area (Å²) in [4.78, 5) is 0. The van der Waals surface area contributed by atoms with Gasteiger partial charge in [0.2, 0.25) is 0 Å². The van der Waals surface area contributed by atoms with Crippen LogP contribution >= 0.6 is 0 Å². The summed E-state index contributed by atoms with van der Waals surface area (Å²) in [5.74, 6) is 0. The maximum Gasteiger partial charge on any atom is 0.0183 e. The van der Waals surface area contributed by atoms with Crippen molar-refractivity contribution in [2.75, 3.05) is 7.05 Å². The summed E-state index contributed by atoms with van der Waals surface area (Å²) in [5.41, 5.74) is 1.31. The molecule has 3 atom stereocenters. The van der Waals surface area contributed by atoms with Gasteiger partial charge in [-0.25, -0.2) is 0 Å². The lowest BCUT2D eigenvalue weighted by atomic mass is 10.0. The number of hydrogen-bond acceptors (Lipinski definition) is 1. The highest BCUT2D eigenvalue weighted by Gasteiger charge is 2.71. The highest BCUT2D eigenvalue weighted by atomic mass is 15.0. The second-order valence-electron chi connectivity index (χ2n) is 4.41. The van der Waals surface area contributed by atoms with Gasteiger partial charge in [0, 0.05) is 6.04 Å². The van der Waals surface area contributed by atoms with E-state index in [0.717, 1.165) is 6.04 Å². The standard InChI is InChI=1S/C9H17N/c1-8-5-4-6-9(8,2)7(8)10-3/h7,10H,4-6H2,1-3H3/t7?,8-,9+. The molecule has 0 aliphatic heterocycles. The van der Waals surface area contributed by atoms with E-state index in [2.05, 4.69) is 26.2 Å². The minimum atomic E-state index is 0.655. The van der Waals surface area contributed by atoms with Crippen LogP contribution in [0.3, 0.4) is 0 Å². The lowest BCUT2D eigenvalue weighted by Crippen LogP contribution is -2.19. The molecule has 10 heavy (non-hydrogen) atoms. The zero-order valence-corrected chi connectivity index (χ0v) is 7.20. The second kappa shape index (κ2) is 1.58. The third kappa shape index (κ3) is 0.460. The fourth-order valence-electron chi connectivity index (χ4n) is 3.27. The van der Waals surface area contributed by atoms with Crippen molar-refractivity contribution in [3.05, 3.63) is 0 Å². The quantitative estimate of drug-likeness (QED) is 0.584. The molecule has 2 fully saturated rings. The molecule has 0 radical (unpaired) electrons. The Bertz CT molecular complexity index is 150. The monoisotopic (exact) mass is 139 g/mol. The van der Waals surface area contributed by atoms with E-state index >= 15 is 0 Å². The van der Waals surface area contributed by atoms with Crippen LogP contribution in [0.25, 0.3) is 0 Å². The van der Waals surface area contributed by atoms with Gasteiger partial charge in [-0.3, -0.25) is 0 Å². The van der Waals surface area contributed by atoms with Crippen molar-refractivity contribution in [3.8, 4) is 0 Å². The largest absolute Gasteiger partial charge is 0.316 e. The molecule has 0 spiro atoms. The van der Waals surface area contributed by atoms with E-state index in [-0.39, 0.29) is 0 Å². The molecule has 0 bridgehead atoms. The molecule has 2 saturated carbocycles. The van der Waals surface area contributed by atoms with Crippen molar-refractivity contribution in [1.29, 1.82) is 0 Å². The summed E-state index contributed by atoms with van der Waals surface area (Å²) < 4.78 is 0. The van der Waals surface area contributed by atoms with Gasteiger partial charge in [-0.05, 0) is 30.7 Å². The van der Waals surface area contributed by atoms with E-state index in [1.54, 1.807) is 0 Å². The third-order valence-corrected chi connectivity index (χ3v) is 4.18.